The van der Waals surface area contributed by atoms with Crippen LogP contribution in [0.15, 0.2) is 18.6 Å². The predicted molar refractivity (Wildman–Crippen MR) is 42.1 cm³/mol. The number of hydrogen-bond acceptors (Lipinski definition) is 3. The van der Waals surface area contributed by atoms with Gasteiger partial charge in [0, 0.05) is 19.0 Å². The number of nitrogens with two attached hydrogens (primary N) is 1. The first-order valence-corrected chi connectivity index (χ1v) is 3.95. The molecule has 1 heterocycles. The number of rotatable bonds is 1. The van der Waals surface area contributed by atoms with Crippen molar-refractivity contribution in [2.75, 3.05) is 0 Å². The molecule has 13 heavy (non-hydrogen) atoms. The van der Waals surface area contributed by atoms with Gasteiger partial charge in [-0.1, -0.05) is 0 Å². The van der Waals surface area contributed by atoms with Gasteiger partial charge in [-0.05, 0) is 6.07 Å². The second kappa shape index (κ2) is 2.45. The van der Waals surface area contributed by atoms with Gasteiger partial charge in [0.2, 0.25) is 0 Å². The van der Waals surface area contributed by atoms with E-state index in [9.17, 15) is 8.78 Å². The van der Waals surface area contributed by atoms with E-state index in [0.29, 0.717) is 5.69 Å². The highest BCUT2D eigenvalue weighted by Crippen LogP contribution is 2.48. The third-order valence-electron chi connectivity index (χ3n) is 2.24. The Bertz CT molecular complexity index is 304. The molecule has 0 aliphatic heterocycles. The standard InChI is InChI=1S/C8H9F2N3/c9-8(10)3-7(11,4-8)6-1-2-12-5-13-6/h1-2,5H,3-4,11H2. The van der Waals surface area contributed by atoms with Crippen molar-refractivity contribution in [3.63, 3.8) is 0 Å². The average molecular weight is 185 g/mol. The Hall–Kier alpha value is -1.10. The van der Waals surface area contributed by atoms with E-state index in [1.54, 1.807) is 6.07 Å². The molecule has 0 amide bonds. The Morgan fingerprint density at radius 2 is 2.08 bits per heavy atom. The second-order valence-electron chi connectivity index (χ2n) is 3.46. The van der Waals surface area contributed by atoms with Gasteiger partial charge in [0.15, 0.2) is 0 Å². The predicted octanol–water partition coefficient (Wildman–Crippen LogP) is 1.06. The van der Waals surface area contributed by atoms with Crippen LogP contribution in [0.2, 0.25) is 0 Å². The quantitative estimate of drug-likeness (QED) is 0.711. The van der Waals surface area contributed by atoms with Crippen molar-refractivity contribution in [3.8, 4) is 0 Å². The molecule has 0 radical (unpaired) electrons. The number of alkyl halides is 2. The molecule has 1 aromatic heterocycles. The fourth-order valence-corrected chi connectivity index (χ4v) is 1.64. The zero-order valence-electron chi connectivity index (χ0n) is 6.87. The summed E-state index contributed by atoms with van der Waals surface area (Å²) in [5.41, 5.74) is 5.27. The van der Waals surface area contributed by atoms with Crippen molar-refractivity contribution in [1.29, 1.82) is 0 Å². The van der Waals surface area contributed by atoms with Gasteiger partial charge in [0.05, 0.1) is 11.2 Å². The molecule has 0 bridgehead atoms. The molecule has 2 rings (SSSR count). The highest BCUT2D eigenvalue weighted by molar-refractivity contribution is 5.20. The smallest absolute Gasteiger partial charge is 0.252 e. The lowest BCUT2D eigenvalue weighted by atomic mass is 9.72. The minimum absolute atomic E-state index is 0.322. The molecule has 1 aliphatic rings. The Morgan fingerprint density at radius 3 is 2.54 bits per heavy atom. The van der Waals surface area contributed by atoms with Gasteiger partial charge in [0.25, 0.3) is 5.92 Å². The van der Waals surface area contributed by atoms with E-state index < -0.39 is 11.5 Å². The number of aromatic nitrogens is 2. The van der Waals surface area contributed by atoms with E-state index in [1.807, 2.05) is 0 Å². The van der Waals surface area contributed by atoms with Crippen LogP contribution < -0.4 is 5.73 Å². The molecule has 2 N–H and O–H groups in total. The molecule has 0 atom stereocenters. The third kappa shape index (κ3) is 1.39. The van der Waals surface area contributed by atoms with Gasteiger partial charge in [0.1, 0.15) is 6.33 Å². The summed E-state index contributed by atoms with van der Waals surface area (Å²) in [5, 5.41) is 0. The van der Waals surface area contributed by atoms with Crippen LogP contribution in [0.3, 0.4) is 0 Å². The molecule has 0 spiro atoms. The first-order chi connectivity index (χ1) is 6.02. The molecule has 1 fully saturated rings. The largest absolute Gasteiger partial charge is 0.320 e. The summed E-state index contributed by atoms with van der Waals surface area (Å²) >= 11 is 0. The van der Waals surface area contributed by atoms with Crippen molar-refractivity contribution in [1.82, 2.24) is 9.97 Å². The fourth-order valence-electron chi connectivity index (χ4n) is 1.64. The third-order valence-corrected chi connectivity index (χ3v) is 2.24. The molecule has 1 aromatic rings. The van der Waals surface area contributed by atoms with Gasteiger partial charge in [-0.3, -0.25) is 0 Å². The maximum Gasteiger partial charge on any atom is 0.252 e. The van der Waals surface area contributed by atoms with Gasteiger partial charge in [-0.2, -0.15) is 0 Å². The topological polar surface area (TPSA) is 51.8 Å². The van der Waals surface area contributed by atoms with E-state index in [0.717, 1.165) is 0 Å². The summed E-state index contributed by atoms with van der Waals surface area (Å²) in [5.74, 6) is -2.63. The van der Waals surface area contributed by atoms with Gasteiger partial charge < -0.3 is 5.73 Å². The lowest BCUT2D eigenvalue weighted by Gasteiger charge is -2.43. The maximum atomic E-state index is 12.6. The van der Waals surface area contributed by atoms with Crippen LogP contribution >= 0.6 is 0 Å². The zero-order valence-corrected chi connectivity index (χ0v) is 6.87. The van der Waals surface area contributed by atoms with Crippen molar-refractivity contribution in [2.45, 2.75) is 24.3 Å². The summed E-state index contributed by atoms with van der Waals surface area (Å²) in [6.07, 6.45) is 2.18. The van der Waals surface area contributed by atoms with Gasteiger partial charge in [-0.25, -0.2) is 18.7 Å². The number of halogens is 2. The van der Waals surface area contributed by atoms with E-state index in [2.05, 4.69) is 9.97 Å². The number of hydrogen-bond donors (Lipinski definition) is 1. The lowest BCUT2D eigenvalue weighted by molar-refractivity contribution is -0.126. The summed E-state index contributed by atoms with van der Waals surface area (Å²) in [7, 11) is 0. The molecule has 3 nitrogen and oxygen atoms in total. The van der Waals surface area contributed by atoms with E-state index in [1.165, 1.54) is 12.5 Å². The van der Waals surface area contributed by atoms with E-state index in [-0.39, 0.29) is 12.8 Å². The summed E-state index contributed by atoms with van der Waals surface area (Å²) in [4.78, 5) is 7.57. The molecule has 1 saturated carbocycles. The molecule has 5 heteroatoms. The average Bonchev–Trinajstić information content (AvgIpc) is 2.02. The normalized spacial score (nSPS) is 23.6. The maximum absolute atomic E-state index is 12.6. The first-order valence-electron chi connectivity index (χ1n) is 3.95. The van der Waals surface area contributed by atoms with Crippen molar-refractivity contribution in [2.24, 2.45) is 5.73 Å². The van der Waals surface area contributed by atoms with Crippen molar-refractivity contribution in [3.05, 3.63) is 24.3 Å². The minimum atomic E-state index is -2.63. The van der Waals surface area contributed by atoms with Crippen LogP contribution in [0.1, 0.15) is 18.5 Å². The molecule has 0 unspecified atom stereocenters. The molecular weight excluding hydrogens is 176 g/mol. The van der Waals surface area contributed by atoms with Crippen LogP contribution in [-0.2, 0) is 5.54 Å². The van der Waals surface area contributed by atoms with E-state index in [4.69, 9.17) is 5.73 Å². The molecule has 0 aromatic carbocycles. The number of nitrogens with zero attached hydrogens (tertiary/aromatic N) is 2. The van der Waals surface area contributed by atoms with Gasteiger partial charge >= 0.3 is 0 Å². The summed E-state index contributed by atoms with van der Waals surface area (Å²) in [6.45, 7) is 0. The van der Waals surface area contributed by atoms with Crippen LogP contribution in [0.4, 0.5) is 8.78 Å². The SMILES string of the molecule is NC1(c2ccncn2)CC(F)(F)C1. The Labute approximate surface area is 74.0 Å². The Kier molecular flexibility index (Phi) is 1.60. The monoisotopic (exact) mass is 185 g/mol. The van der Waals surface area contributed by atoms with Gasteiger partial charge in [-0.15, -0.1) is 0 Å². The molecular formula is C8H9F2N3. The highest BCUT2D eigenvalue weighted by Gasteiger charge is 2.55. The zero-order chi connectivity index (χ0) is 9.53. The van der Waals surface area contributed by atoms with Crippen LogP contribution in [0.25, 0.3) is 0 Å². The van der Waals surface area contributed by atoms with E-state index >= 15 is 0 Å². The summed E-state index contributed by atoms with van der Waals surface area (Å²) in [6, 6.07) is 1.58. The Morgan fingerprint density at radius 1 is 1.38 bits per heavy atom. The molecule has 70 valence electrons. The highest BCUT2D eigenvalue weighted by atomic mass is 19.3. The van der Waals surface area contributed by atoms with Crippen LogP contribution in [0, 0.1) is 0 Å². The summed E-state index contributed by atoms with van der Waals surface area (Å²) < 4.78 is 25.2. The molecule has 1 aliphatic carbocycles. The van der Waals surface area contributed by atoms with Crippen molar-refractivity contribution < 1.29 is 8.78 Å². The van der Waals surface area contributed by atoms with Crippen molar-refractivity contribution >= 4 is 0 Å². The fraction of sp³-hybridized carbons (Fsp3) is 0.500. The molecule has 0 saturated heterocycles. The Balaban J connectivity index is 2.21. The first kappa shape index (κ1) is 8.50. The second-order valence-corrected chi connectivity index (χ2v) is 3.46. The van der Waals surface area contributed by atoms with Crippen LogP contribution in [0.5, 0.6) is 0 Å². The van der Waals surface area contributed by atoms with Crippen LogP contribution in [-0.4, -0.2) is 15.9 Å². The minimum Gasteiger partial charge on any atom is -0.320 e. The lowest BCUT2D eigenvalue weighted by Crippen LogP contribution is -2.55.